The zero-order chi connectivity index (χ0) is 11.7. The van der Waals surface area contributed by atoms with Crippen molar-refractivity contribution in [2.45, 2.75) is 25.3 Å². The molecule has 0 amide bonds. The summed E-state index contributed by atoms with van der Waals surface area (Å²) in [6.45, 7) is 0.842. The molecule has 0 radical (unpaired) electrons. The van der Waals surface area contributed by atoms with Gasteiger partial charge in [-0.3, -0.25) is 4.79 Å². The Balaban J connectivity index is 1.94. The molecule has 0 fully saturated rings. The number of rotatable bonds is 1. The standard InChI is InChI=1S/C15H15NO/c17-15-8-4-7-14-11-13(9-10-16(14)15)12-5-2-1-3-6-12/h1-8,13H,9-11H2/t13-/m1/s1. The average Bonchev–Trinajstić information content (AvgIpc) is 2.40. The molecule has 1 aromatic heterocycles. The summed E-state index contributed by atoms with van der Waals surface area (Å²) in [4.78, 5) is 11.7. The summed E-state index contributed by atoms with van der Waals surface area (Å²) in [6.07, 6.45) is 2.03. The van der Waals surface area contributed by atoms with Crippen LogP contribution in [0.4, 0.5) is 0 Å². The highest BCUT2D eigenvalue weighted by Gasteiger charge is 2.19. The molecule has 2 heterocycles. The molecule has 2 nitrogen and oxygen atoms in total. The molecular weight excluding hydrogens is 210 g/mol. The average molecular weight is 225 g/mol. The fourth-order valence-electron chi connectivity index (χ4n) is 2.64. The van der Waals surface area contributed by atoms with Gasteiger partial charge in [0, 0.05) is 18.3 Å². The third kappa shape index (κ3) is 1.91. The lowest BCUT2D eigenvalue weighted by Gasteiger charge is -2.26. The van der Waals surface area contributed by atoms with E-state index in [1.165, 1.54) is 5.56 Å². The van der Waals surface area contributed by atoms with E-state index in [9.17, 15) is 4.79 Å². The minimum Gasteiger partial charge on any atom is -0.313 e. The number of pyridine rings is 1. The van der Waals surface area contributed by atoms with Crippen LogP contribution in [0.1, 0.15) is 23.6 Å². The van der Waals surface area contributed by atoms with Crippen molar-refractivity contribution in [3.63, 3.8) is 0 Å². The quantitative estimate of drug-likeness (QED) is 0.731. The first kappa shape index (κ1) is 10.3. The topological polar surface area (TPSA) is 22.0 Å². The lowest BCUT2D eigenvalue weighted by atomic mass is 9.88. The molecule has 17 heavy (non-hydrogen) atoms. The van der Waals surface area contributed by atoms with Crippen molar-refractivity contribution >= 4 is 0 Å². The smallest absolute Gasteiger partial charge is 0.250 e. The van der Waals surface area contributed by atoms with Gasteiger partial charge in [0.25, 0.3) is 5.56 Å². The van der Waals surface area contributed by atoms with Gasteiger partial charge in [-0.15, -0.1) is 0 Å². The van der Waals surface area contributed by atoms with Crippen LogP contribution in [0.3, 0.4) is 0 Å². The molecule has 2 heteroatoms. The monoisotopic (exact) mass is 225 g/mol. The van der Waals surface area contributed by atoms with E-state index in [4.69, 9.17) is 0 Å². The summed E-state index contributed by atoms with van der Waals surface area (Å²) in [7, 11) is 0. The fourth-order valence-corrected chi connectivity index (χ4v) is 2.64. The third-order valence-electron chi connectivity index (χ3n) is 3.57. The third-order valence-corrected chi connectivity index (χ3v) is 3.57. The van der Waals surface area contributed by atoms with Gasteiger partial charge in [0.2, 0.25) is 0 Å². The molecule has 0 unspecified atom stereocenters. The van der Waals surface area contributed by atoms with Crippen molar-refractivity contribution in [2.75, 3.05) is 0 Å². The molecular formula is C15H15NO. The summed E-state index contributed by atoms with van der Waals surface area (Å²) in [5.74, 6) is 0.554. The molecule has 2 aromatic rings. The van der Waals surface area contributed by atoms with E-state index in [-0.39, 0.29) is 5.56 Å². The van der Waals surface area contributed by atoms with E-state index in [1.807, 2.05) is 16.7 Å². The van der Waals surface area contributed by atoms with Crippen molar-refractivity contribution in [1.82, 2.24) is 4.57 Å². The molecule has 0 bridgehead atoms. The number of hydrogen-bond donors (Lipinski definition) is 0. The Morgan fingerprint density at radius 3 is 2.65 bits per heavy atom. The van der Waals surface area contributed by atoms with Crippen molar-refractivity contribution in [1.29, 1.82) is 0 Å². The molecule has 0 saturated carbocycles. The van der Waals surface area contributed by atoms with Crippen molar-refractivity contribution in [3.8, 4) is 0 Å². The van der Waals surface area contributed by atoms with Gasteiger partial charge in [0.1, 0.15) is 0 Å². The lowest BCUT2D eigenvalue weighted by Crippen LogP contribution is -2.28. The molecule has 86 valence electrons. The molecule has 1 atom stereocenters. The Hall–Kier alpha value is -1.83. The zero-order valence-corrected chi connectivity index (χ0v) is 9.67. The van der Waals surface area contributed by atoms with Crippen LogP contribution in [-0.4, -0.2) is 4.57 Å². The highest BCUT2D eigenvalue weighted by atomic mass is 16.1. The van der Waals surface area contributed by atoms with Gasteiger partial charge in [-0.1, -0.05) is 36.4 Å². The van der Waals surface area contributed by atoms with E-state index in [1.54, 1.807) is 6.07 Å². The Kier molecular flexibility index (Phi) is 2.56. The van der Waals surface area contributed by atoms with Gasteiger partial charge in [0.05, 0.1) is 0 Å². The zero-order valence-electron chi connectivity index (χ0n) is 9.67. The second-order valence-electron chi connectivity index (χ2n) is 4.61. The van der Waals surface area contributed by atoms with E-state index < -0.39 is 0 Å². The van der Waals surface area contributed by atoms with Gasteiger partial charge in [-0.05, 0) is 30.4 Å². The molecule has 0 saturated heterocycles. The number of aromatic nitrogens is 1. The SMILES string of the molecule is O=c1cccc2n1CC[C@@H](c1ccccc1)C2. The van der Waals surface area contributed by atoms with Crippen LogP contribution >= 0.6 is 0 Å². The van der Waals surface area contributed by atoms with Gasteiger partial charge in [0.15, 0.2) is 0 Å². The lowest BCUT2D eigenvalue weighted by molar-refractivity contribution is 0.460. The van der Waals surface area contributed by atoms with E-state index in [0.29, 0.717) is 5.92 Å². The Labute approximate surface area is 101 Å². The highest BCUT2D eigenvalue weighted by molar-refractivity contribution is 5.23. The fraction of sp³-hybridized carbons (Fsp3) is 0.267. The second-order valence-corrected chi connectivity index (χ2v) is 4.61. The van der Waals surface area contributed by atoms with Crippen LogP contribution in [0.15, 0.2) is 53.3 Å². The van der Waals surface area contributed by atoms with Crippen molar-refractivity contribution in [3.05, 3.63) is 70.1 Å². The maximum Gasteiger partial charge on any atom is 0.250 e. The molecule has 0 spiro atoms. The van der Waals surface area contributed by atoms with Crippen LogP contribution < -0.4 is 5.56 Å². The highest BCUT2D eigenvalue weighted by Crippen LogP contribution is 2.27. The Morgan fingerprint density at radius 2 is 1.82 bits per heavy atom. The largest absolute Gasteiger partial charge is 0.313 e. The first-order valence-electron chi connectivity index (χ1n) is 6.08. The van der Waals surface area contributed by atoms with Crippen LogP contribution in [0.25, 0.3) is 0 Å². The molecule has 3 rings (SSSR count). The Morgan fingerprint density at radius 1 is 1.00 bits per heavy atom. The van der Waals surface area contributed by atoms with E-state index in [2.05, 4.69) is 30.3 Å². The molecule has 0 aliphatic carbocycles. The van der Waals surface area contributed by atoms with Crippen LogP contribution in [0, 0.1) is 0 Å². The van der Waals surface area contributed by atoms with Crippen molar-refractivity contribution in [2.24, 2.45) is 0 Å². The maximum absolute atomic E-state index is 11.7. The number of nitrogens with zero attached hydrogens (tertiary/aromatic N) is 1. The summed E-state index contributed by atoms with van der Waals surface area (Å²) < 4.78 is 1.90. The van der Waals surface area contributed by atoms with E-state index in [0.717, 1.165) is 25.1 Å². The van der Waals surface area contributed by atoms with Gasteiger partial charge in [-0.2, -0.15) is 0 Å². The Bertz CT molecular complexity index is 571. The predicted molar refractivity (Wildman–Crippen MR) is 68.2 cm³/mol. The number of benzene rings is 1. The van der Waals surface area contributed by atoms with Crippen LogP contribution in [0.2, 0.25) is 0 Å². The molecule has 0 N–H and O–H groups in total. The normalized spacial score (nSPS) is 18.7. The molecule has 1 aliphatic heterocycles. The maximum atomic E-state index is 11.7. The first-order valence-corrected chi connectivity index (χ1v) is 6.08. The van der Waals surface area contributed by atoms with E-state index >= 15 is 0 Å². The first-order chi connectivity index (χ1) is 8.34. The van der Waals surface area contributed by atoms with Gasteiger partial charge in [-0.25, -0.2) is 0 Å². The number of hydrogen-bond acceptors (Lipinski definition) is 1. The van der Waals surface area contributed by atoms with Gasteiger partial charge >= 0.3 is 0 Å². The second kappa shape index (κ2) is 4.21. The molecule has 1 aromatic carbocycles. The summed E-state index contributed by atoms with van der Waals surface area (Å²) in [5.41, 5.74) is 2.68. The summed E-state index contributed by atoms with van der Waals surface area (Å²) >= 11 is 0. The van der Waals surface area contributed by atoms with Crippen LogP contribution in [0.5, 0.6) is 0 Å². The predicted octanol–water partition coefficient (Wildman–Crippen LogP) is 2.58. The molecule has 1 aliphatic rings. The minimum absolute atomic E-state index is 0.133. The number of fused-ring (bicyclic) bond motifs is 1. The van der Waals surface area contributed by atoms with Crippen LogP contribution in [-0.2, 0) is 13.0 Å². The van der Waals surface area contributed by atoms with Gasteiger partial charge < -0.3 is 4.57 Å². The summed E-state index contributed by atoms with van der Waals surface area (Å²) in [6, 6.07) is 16.2. The summed E-state index contributed by atoms with van der Waals surface area (Å²) in [5, 5.41) is 0. The minimum atomic E-state index is 0.133. The van der Waals surface area contributed by atoms with Crippen molar-refractivity contribution < 1.29 is 0 Å².